The molecule has 0 heterocycles. The zero-order valence-electron chi connectivity index (χ0n) is 16.1. The summed E-state index contributed by atoms with van der Waals surface area (Å²) in [5, 5.41) is 13.0. The van der Waals surface area contributed by atoms with E-state index in [1.165, 1.54) is 18.6 Å². The molecular weight excluding hydrogens is 356 g/mol. The normalized spacial score (nSPS) is 10.8. The maximum atomic E-state index is 12.4. The first-order valence-corrected chi connectivity index (χ1v) is 9.46. The molecule has 28 heavy (non-hydrogen) atoms. The maximum absolute atomic E-state index is 12.4. The highest BCUT2D eigenvalue weighted by atomic mass is 16.5. The molecule has 0 fully saturated rings. The Labute approximate surface area is 165 Å². The van der Waals surface area contributed by atoms with Crippen molar-refractivity contribution in [2.75, 3.05) is 6.61 Å². The van der Waals surface area contributed by atoms with Crippen molar-refractivity contribution in [3.8, 4) is 11.5 Å². The van der Waals surface area contributed by atoms with E-state index in [1.54, 1.807) is 30.3 Å². The second-order valence-corrected chi connectivity index (χ2v) is 6.41. The molecule has 2 rings (SSSR count). The van der Waals surface area contributed by atoms with E-state index in [1.807, 2.05) is 6.07 Å². The number of hydrazone groups is 1. The largest absolute Gasteiger partial charge is 0.508 e. The number of carbonyl (C=O) groups is 2. The summed E-state index contributed by atoms with van der Waals surface area (Å²) < 4.78 is 5.73. The van der Waals surface area contributed by atoms with Crippen LogP contribution in [0.25, 0.3) is 0 Å². The number of phenolic OH excluding ortho intramolecular Hbond substituents is 1. The number of carbonyl (C=O) groups excluding carboxylic acids is 2. The zero-order valence-corrected chi connectivity index (χ0v) is 16.1. The molecule has 0 saturated heterocycles. The van der Waals surface area contributed by atoms with Crippen LogP contribution in [0.4, 0.5) is 0 Å². The molecule has 148 valence electrons. The van der Waals surface area contributed by atoms with Crippen molar-refractivity contribution in [3.63, 3.8) is 0 Å². The predicted molar refractivity (Wildman–Crippen MR) is 109 cm³/mol. The first kappa shape index (κ1) is 21.2. The van der Waals surface area contributed by atoms with Gasteiger partial charge in [0.05, 0.1) is 24.8 Å². The number of nitrogens with one attached hydrogen (secondary N) is 1. The van der Waals surface area contributed by atoms with Gasteiger partial charge in [-0.15, -0.1) is 0 Å². The summed E-state index contributed by atoms with van der Waals surface area (Å²) >= 11 is 0. The zero-order chi connectivity index (χ0) is 20.2. The third kappa shape index (κ3) is 7.23. The van der Waals surface area contributed by atoms with Gasteiger partial charge in [-0.3, -0.25) is 9.59 Å². The molecule has 6 nitrogen and oxygen atoms in total. The van der Waals surface area contributed by atoms with E-state index in [2.05, 4.69) is 17.5 Å². The molecule has 0 saturated carbocycles. The lowest BCUT2D eigenvalue weighted by molar-refractivity contribution is -0.120. The molecule has 2 N–H and O–H groups in total. The molecule has 0 bridgehead atoms. The van der Waals surface area contributed by atoms with E-state index < -0.39 is 0 Å². The van der Waals surface area contributed by atoms with E-state index in [0.29, 0.717) is 17.9 Å². The predicted octanol–water partition coefficient (Wildman–Crippen LogP) is 3.88. The van der Waals surface area contributed by atoms with Gasteiger partial charge in [-0.1, -0.05) is 50.5 Å². The Hall–Kier alpha value is -3.15. The number of phenols is 1. The molecule has 2 aromatic rings. The number of ketones is 1. The topological polar surface area (TPSA) is 88.0 Å². The fourth-order valence-corrected chi connectivity index (χ4v) is 2.58. The minimum Gasteiger partial charge on any atom is -0.508 e. The van der Waals surface area contributed by atoms with Crippen LogP contribution in [-0.2, 0) is 11.2 Å². The van der Waals surface area contributed by atoms with Crippen LogP contribution in [0.5, 0.6) is 11.5 Å². The van der Waals surface area contributed by atoms with E-state index in [9.17, 15) is 14.7 Å². The first-order chi connectivity index (χ1) is 13.6. The SMILES string of the molecule is CCCCCCOc1ccccc1C(=O)/C=N\NC(=O)Cc1ccc(O)cc1. The van der Waals surface area contributed by atoms with Crippen LogP contribution in [0.2, 0.25) is 0 Å². The van der Waals surface area contributed by atoms with E-state index >= 15 is 0 Å². The summed E-state index contributed by atoms with van der Waals surface area (Å²) in [5.74, 6) is -0.0332. The van der Waals surface area contributed by atoms with Gasteiger partial charge in [-0.25, -0.2) is 5.43 Å². The first-order valence-electron chi connectivity index (χ1n) is 9.46. The highest BCUT2D eigenvalue weighted by Gasteiger charge is 2.10. The summed E-state index contributed by atoms with van der Waals surface area (Å²) in [6, 6.07) is 13.3. The Morgan fingerprint density at radius 3 is 2.57 bits per heavy atom. The molecule has 1 amide bonds. The van der Waals surface area contributed by atoms with Crippen LogP contribution in [0.15, 0.2) is 53.6 Å². The average molecular weight is 382 g/mol. The average Bonchev–Trinajstić information content (AvgIpc) is 2.70. The van der Waals surface area contributed by atoms with Crippen molar-refractivity contribution < 1.29 is 19.4 Å². The molecule has 6 heteroatoms. The van der Waals surface area contributed by atoms with Crippen LogP contribution in [-0.4, -0.2) is 29.6 Å². The fraction of sp³-hybridized carbons (Fsp3) is 0.318. The lowest BCUT2D eigenvalue weighted by Crippen LogP contribution is -2.20. The van der Waals surface area contributed by atoms with Crippen molar-refractivity contribution in [2.45, 2.75) is 39.0 Å². The second kappa shape index (κ2) is 11.5. The number of amides is 1. The van der Waals surface area contributed by atoms with Crippen molar-refractivity contribution in [1.29, 1.82) is 0 Å². The summed E-state index contributed by atoms with van der Waals surface area (Å²) in [4.78, 5) is 24.3. The fourth-order valence-electron chi connectivity index (χ4n) is 2.58. The lowest BCUT2D eigenvalue weighted by atomic mass is 10.1. The van der Waals surface area contributed by atoms with Crippen LogP contribution >= 0.6 is 0 Å². The third-order valence-electron chi connectivity index (χ3n) is 4.08. The Kier molecular flexibility index (Phi) is 8.72. The van der Waals surface area contributed by atoms with Gasteiger partial charge in [0.25, 0.3) is 0 Å². The molecule has 0 aromatic heterocycles. The monoisotopic (exact) mass is 382 g/mol. The van der Waals surface area contributed by atoms with Crippen molar-refractivity contribution in [1.82, 2.24) is 5.43 Å². The Morgan fingerprint density at radius 1 is 1.07 bits per heavy atom. The maximum Gasteiger partial charge on any atom is 0.244 e. The summed E-state index contributed by atoms with van der Waals surface area (Å²) in [7, 11) is 0. The number of para-hydroxylation sites is 1. The van der Waals surface area contributed by atoms with E-state index in [-0.39, 0.29) is 23.9 Å². The molecule has 0 aliphatic carbocycles. The van der Waals surface area contributed by atoms with Crippen LogP contribution < -0.4 is 10.2 Å². The highest BCUT2D eigenvalue weighted by molar-refractivity contribution is 6.36. The van der Waals surface area contributed by atoms with Gasteiger partial charge in [-0.05, 0) is 36.2 Å². The number of aromatic hydroxyl groups is 1. The minimum atomic E-state index is -0.352. The van der Waals surface area contributed by atoms with Crippen LogP contribution in [0.1, 0.15) is 48.5 Å². The minimum absolute atomic E-state index is 0.100. The van der Waals surface area contributed by atoms with Gasteiger partial charge in [0.1, 0.15) is 11.5 Å². The van der Waals surface area contributed by atoms with Gasteiger partial charge >= 0.3 is 0 Å². The molecule has 0 atom stereocenters. The van der Waals surface area contributed by atoms with Crippen molar-refractivity contribution >= 4 is 17.9 Å². The summed E-state index contributed by atoms with van der Waals surface area (Å²) in [5.41, 5.74) is 3.49. The Bertz CT molecular complexity index is 800. The third-order valence-corrected chi connectivity index (χ3v) is 4.08. The van der Waals surface area contributed by atoms with Crippen LogP contribution in [0, 0.1) is 0 Å². The van der Waals surface area contributed by atoms with Gasteiger partial charge in [0.2, 0.25) is 11.7 Å². The smallest absolute Gasteiger partial charge is 0.244 e. The number of unbranched alkanes of at least 4 members (excludes halogenated alkanes) is 3. The summed E-state index contributed by atoms with van der Waals surface area (Å²) in [6.07, 6.45) is 5.54. The molecule has 0 aliphatic rings. The number of ether oxygens (including phenoxy) is 1. The van der Waals surface area contributed by atoms with Gasteiger partial charge in [0, 0.05) is 0 Å². The van der Waals surface area contributed by atoms with Crippen molar-refractivity contribution in [3.05, 3.63) is 59.7 Å². The quantitative estimate of drug-likeness (QED) is 0.267. The molecular formula is C22H26N2O4. The molecule has 0 aliphatic heterocycles. The summed E-state index contributed by atoms with van der Waals surface area (Å²) in [6.45, 7) is 2.71. The number of Topliss-reactive ketones (excluding diaryl/α,β-unsaturated/α-hetero) is 1. The number of rotatable bonds is 11. The second-order valence-electron chi connectivity index (χ2n) is 6.41. The molecule has 0 spiro atoms. The van der Waals surface area contributed by atoms with E-state index in [0.717, 1.165) is 31.0 Å². The number of hydrogen-bond acceptors (Lipinski definition) is 5. The number of hydrogen-bond donors (Lipinski definition) is 2. The van der Waals surface area contributed by atoms with Crippen LogP contribution in [0.3, 0.4) is 0 Å². The van der Waals surface area contributed by atoms with Gasteiger partial charge in [0.15, 0.2) is 0 Å². The highest BCUT2D eigenvalue weighted by Crippen LogP contribution is 2.18. The van der Waals surface area contributed by atoms with Gasteiger partial charge in [-0.2, -0.15) is 5.10 Å². The Morgan fingerprint density at radius 2 is 1.82 bits per heavy atom. The standard InChI is InChI=1S/C22H26N2O4/c1-2-3-4-7-14-28-21-9-6-5-8-19(21)20(26)16-23-24-22(27)15-17-10-12-18(25)13-11-17/h5-6,8-13,16,25H,2-4,7,14-15H2,1H3,(H,24,27)/b23-16-. The molecule has 0 radical (unpaired) electrons. The Balaban J connectivity index is 1.86. The van der Waals surface area contributed by atoms with Crippen molar-refractivity contribution in [2.24, 2.45) is 5.10 Å². The molecule has 2 aromatic carbocycles. The molecule has 0 unspecified atom stereocenters. The van der Waals surface area contributed by atoms with Gasteiger partial charge < -0.3 is 9.84 Å². The number of nitrogens with zero attached hydrogens (tertiary/aromatic N) is 1. The van der Waals surface area contributed by atoms with E-state index in [4.69, 9.17) is 4.74 Å². The lowest BCUT2D eigenvalue weighted by Gasteiger charge is -2.09. The number of benzene rings is 2.